The van der Waals surface area contributed by atoms with Crippen LogP contribution in [0.25, 0.3) is 5.57 Å². The molecule has 2 amide bonds. The fourth-order valence-corrected chi connectivity index (χ4v) is 3.88. The number of furan rings is 1. The van der Waals surface area contributed by atoms with Gasteiger partial charge in [0.1, 0.15) is 17.2 Å². The van der Waals surface area contributed by atoms with Crippen LogP contribution in [0.5, 0.6) is 5.75 Å². The molecule has 4 rings (SSSR count). The van der Waals surface area contributed by atoms with Crippen molar-refractivity contribution in [3.63, 3.8) is 0 Å². The van der Waals surface area contributed by atoms with Crippen molar-refractivity contribution in [3.8, 4) is 5.75 Å². The Balaban J connectivity index is 1.77. The highest BCUT2D eigenvalue weighted by Crippen LogP contribution is 2.38. The molecule has 1 saturated heterocycles. The number of carbonyl (C=O) groups is 2. The van der Waals surface area contributed by atoms with Gasteiger partial charge < -0.3 is 14.1 Å². The Bertz CT molecular complexity index is 908. The van der Waals surface area contributed by atoms with Crippen LogP contribution in [0.15, 0.2) is 52.8 Å². The Morgan fingerprint density at radius 3 is 2.50 bits per heavy atom. The third-order valence-corrected chi connectivity index (χ3v) is 5.51. The number of benzene rings is 1. The monoisotopic (exact) mass is 380 g/mol. The first-order valence-electron chi connectivity index (χ1n) is 9.61. The zero-order chi connectivity index (χ0) is 19.7. The van der Waals surface area contributed by atoms with Crippen molar-refractivity contribution < 1.29 is 18.7 Å². The molecule has 28 heavy (non-hydrogen) atoms. The topological polar surface area (TPSA) is 63.0 Å². The number of hydrogen-bond acceptors (Lipinski definition) is 5. The number of imide groups is 1. The molecule has 6 heteroatoms. The van der Waals surface area contributed by atoms with E-state index in [1.54, 1.807) is 25.5 Å². The molecular formula is C22H24N2O4. The van der Waals surface area contributed by atoms with E-state index in [4.69, 9.17) is 9.15 Å². The number of methoxy groups -OCH3 is 1. The first-order chi connectivity index (χ1) is 13.6. The van der Waals surface area contributed by atoms with Gasteiger partial charge in [0.25, 0.3) is 11.8 Å². The first kappa shape index (κ1) is 18.3. The van der Waals surface area contributed by atoms with Crippen LogP contribution in [0.4, 0.5) is 0 Å². The van der Waals surface area contributed by atoms with Gasteiger partial charge in [0, 0.05) is 18.7 Å². The lowest BCUT2D eigenvalue weighted by atomic mass is 9.97. The second kappa shape index (κ2) is 7.54. The van der Waals surface area contributed by atoms with E-state index in [0.29, 0.717) is 34.3 Å². The summed E-state index contributed by atoms with van der Waals surface area (Å²) < 4.78 is 10.9. The first-order valence-corrected chi connectivity index (χ1v) is 9.61. The molecule has 0 aliphatic carbocycles. The molecule has 3 heterocycles. The highest BCUT2D eigenvalue weighted by Gasteiger charge is 2.43. The van der Waals surface area contributed by atoms with E-state index in [-0.39, 0.29) is 18.4 Å². The molecule has 0 radical (unpaired) electrons. The largest absolute Gasteiger partial charge is 0.496 e. The molecule has 0 N–H and O–H groups in total. The number of amides is 2. The Morgan fingerprint density at radius 1 is 1.07 bits per heavy atom. The van der Waals surface area contributed by atoms with E-state index < -0.39 is 0 Å². The summed E-state index contributed by atoms with van der Waals surface area (Å²) in [4.78, 5) is 30.0. The molecule has 2 aliphatic rings. The van der Waals surface area contributed by atoms with Crippen LogP contribution in [-0.2, 0) is 16.1 Å². The van der Waals surface area contributed by atoms with Crippen molar-refractivity contribution in [2.75, 3.05) is 20.2 Å². The molecule has 0 unspecified atom stereocenters. The number of likely N-dealkylation sites (tertiary alicyclic amines) is 1. The minimum absolute atomic E-state index is 0.122. The van der Waals surface area contributed by atoms with Gasteiger partial charge in [-0.2, -0.15) is 0 Å². The minimum Gasteiger partial charge on any atom is -0.496 e. The van der Waals surface area contributed by atoms with Gasteiger partial charge in [0.15, 0.2) is 0 Å². The fourth-order valence-electron chi connectivity index (χ4n) is 3.88. The average molecular weight is 380 g/mol. The Morgan fingerprint density at radius 2 is 1.82 bits per heavy atom. The van der Waals surface area contributed by atoms with Crippen molar-refractivity contribution in [3.05, 3.63) is 59.7 Å². The van der Waals surface area contributed by atoms with E-state index in [2.05, 4.69) is 11.8 Å². The number of ether oxygens (including phenoxy) is 1. The molecule has 1 aromatic carbocycles. The molecule has 146 valence electrons. The fraction of sp³-hybridized carbons (Fsp3) is 0.364. The summed E-state index contributed by atoms with van der Waals surface area (Å²) >= 11 is 0. The van der Waals surface area contributed by atoms with Gasteiger partial charge in [0.05, 0.1) is 25.5 Å². The number of para-hydroxylation sites is 1. The number of rotatable bonds is 5. The zero-order valence-corrected chi connectivity index (χ0v) is 16.2. The van der Waals surface area contributed by atoms with Crippen LogP contribution in [0.3, 0.4) is 0 Å². The van der Waals surface area contributed by atoms with Crippen molar-refractivity contribution in [2.24, 2.45) is 5.92 Å². The molecule has 0 bridgehead atoms. The van der Waals surface area contributed by atoms with Crippen molar-refractivity contribution in [1.82, 2.24) is 9.80 Å². The van der Waals surface area contributed by atoms with E-state index in [9.17, 15) is 9.59 Å². The molecule has 0 atom stereocenters. The molecule has 6 nitrogen and oxygen atoms in total. The maximum absolute atomic E-state index is 13.4. The summed E-state index contributed by atoms with van der Waals surface area (Å²) in [6, 6.07) is 10.9. The normalized spacial score (nSPS) is 18.4. The molecule has 0 saturated carbocycles. The Labute approximate surface area is 164 Å². The van der Waals surface area contributed by atoms with Gasteiger partial charge in [-0.1, -0.05) is 25.1 Å². The van der Waals surface area contributed by atoms with Gasteiger partial charge in [0.2, 0.25) is 0 Å². The zero-order valence-electron chi connectivity index (χ0n) is 16.2. The van der Waals surface area contributed by atoms with Crippen LogP contribution in [0, 0.1) is 5.92 Å². The highest BCUT2D eigenvalue weighted by atomic mass is 16.5. The lowest BCUT2D eigenvalue weighted by Crippen LogP contribution is -2.38. The van der Waals surface area contributed by atoms with E-state index >= 15 is 0 Å². The van der Waals surface area contributed by atoms with Gasteiger partial charge in [-0.25, -0.2) is 0 Å². The number of hydrogen-bond donors (Lipinski definition) is 0. The molecule has 2 aliphatic heterocycles. The third kappa shape index (κ3) is 3.19. The summed E-state index contributed by atoms with van der Waals surface area (Å²) in [5.74, 6) is 1.21. The quantitative estimate of drug-likeness (QED) is 0.745. The van der Waals surface area contributed by atoms with Gasteiger partial charge >= 0.3 is 0 Å². The van der Waals surface area contributed by atoms with Crippen molar-refractivity contribution in [1.29, 1.82) is 0 Å². The summed E-state index contributed by atoms with van der Waals surface area (Å²) in [5, 5.41) is 0. The SMILES string of the molecule is COc1ccccc1C1=C(N2CCC(C)CC2)C(=O)N(Cc2ccco2)C1=O. The Kier molecular flexibility index (Phi) is 4.94. The molecule has 1 aromatic heterocycles. The van der Waals surface area contributed by atoms with E-state index in [1.807, 2.05) is 24.3 Å². The predicted octanol–water partition coefficient (Wildman–Crippen LogP) is 3.30. The summed E-state index contributed by atoms with van der Waals surface area (Å²) in [6.07, 6.45) is 3.55. The van der Waals surface area contributed by atoms with E-state index in [0.717, 1.165) is 25.9 Å². The average Bonchev–Trinajstić information content (AvgIpc) is 3.31. The standard InChI is InChI=1S/C22H24N2O4/c1-15-9-11-23(12-10-15)20-19(17-7-3-4-8-18(17)27-2)21(25)24(22(20)26)14-16-6-5-13-28-16/h3-8,13,15H,9-12,14H2,1-2H3. The maximum Gasteiger partial charge on any atom is 0.278 e. The Hall–Kier alpha value is -3.02. The highest BCUT2D eigenvalue weighted by molar-refractivity contribution is 6.35. The summed E-state index contributed by atoms with van der Waals surface area (Å²) in [6.45, 7) is 3.88. The minimum atomic E-state index is -0.306. The third-order valence-electron chi connectivity index (χ3n) is 5.51. The number of piperidine rings is 1. The van der Waals surface area contributed by atoms with Gasteiger partial charge in [-0.15, -0.1) is 0 Å². The van der Waals surface area contributed by atoms with Crippen LogP contribution < -0.4 is 4.74 Å². The van der Waals surface area contributed by atoms with Crippen LogP contribution >= 0.6 is 0 Å². The maximum atomic E-state index is 13.4. The van der Waals surface area contributed by atoms with Crippen LogP contribution in [0.2, 0.25) is 0 Å². The van der Waals surface area contributed by atoms with Crippen molar-refractivity contribution in [2.45, 2.75) is 26.3 Å². The number of carbonyl (C=O) groups excluding carboxylic acids is 2. The molecule has 2 aromatic rings. The van der Waals surface area contributed by atoms with Crippen LogP contribution in [-0.4, -0.2) is 41.8 Å². The lowest BCUT2D eigenvalue weighted by molar-refractivity contribution is -0.138. The van der Waals surface area contributed by atoms with Gasteiger partial charge in [-0.05, 0) is 37.0 Å². The summed E-state index contributed by atoms with van der Waals surface area (Å²) in [7, 11) is 1.57. The van der Waals surface area contributed by atoms with E-state index in [1.165, 1.54) is 4.90 Å². The van der Waals surface area contributed by atoms with Crippen LogP contribution in [0.1, 0.15) is 31.1 Å². The van der Waals surface area contributed by atoms with Gasteiger partial charge in [-0.3, -0.25) is 14.5 Å². The van der Waals surface area contributed by atoms with Crippen molar-refractivity contribution >= 4 is 17.4 Å². The smallest absolute Gasteiger partial charge is 0.278 e. The second-order valence-electron chi connectivity index (χ2n) is 7.37. The molecular weight excluding hydrogens is 356 g/mol. The number of nitrogens with zero attached hydrogens (tertiary/aromatic N) is 2. The molecule has 1 fully saturated rings. The predicted molar refractivity (Wildman–Crippen MR) is 104 cm³/mol. The summed E-state index contributed by atoms with van der Waals surface area (Å²) in [5.41, 5.74) is 1.55. The molecule has 0 spiro atoms. The lowest BCUT2D eigenvalue weighted by Gasteiger charge is -2.32. The second-order valence-corrected chi connectivity index (χ2v) is 7.37.